The molecule has 0 radical (unpaired) electrons. The zero-order valence-electron chi connectivity index (χ0n) is 14.0. The quantitative estimate of drug-likeness (QED) is 0.482. The molecule has 0 saturated heterocycles. The van der Waals surface area contributed by atoms with Crippen LogP contribution >= 0.6 is 0 Å². The molecule has 0 amide bonds. The Morgan fingerprint density at radius 2 is 1.60 bits per heavy atom. The molecule has 0 aliphatic carbocycles. The summed E-state index contributed by atoms with van der Waals surface area (Å²) in [4.78, 5) is 10.4. The van der Waals surface area contributed by atoms with Gasteiger partial charge in [-0.1, -0.05) is 30.3 Å². The van der Waals surface area contributed by atoms with Crippen molar-refractivity contribution in [2.45, 2.75) is 12.8 Å². The number of carbonyl (C=O) groups is 1. The average molecular weight is 345 g/mol. The molecule has 0 aromatic heterocycles. The Bertz CT molecular complexity index is 630. The summed E-state index contributed by atoms with van der Waals surface area (Å²) in [5.74, 6) is 0.346. The summed E-state index contributed by atoms with van der Waals surface area (Å²) in [6.45, 7) is 1.25. The van der Waals surface area contributed by atoms with Gasteiger partial charge in [-0.25, -0.2) is 4.79 Å². The minimum Gasteiger partial charge on any atom is -0.494 e. The summed E-state index contributed by atoms with van der Waals surface area (Å²) in [6.07, 6.45) is 1.42. The van der Waals surface area contributed by atoms with Crippen LogP contribution in [-0.4, -0.2) is 47.6 Å². The molecule has 0 heterocycles. The number of hydroxylamine groups is 2. The van der Waals surface area contributed by atoms with Gasteiger partial charge in [-0.2, -0.15) is 5.06 Å². The maximum atomic E-state index is 10.4. The molecule has 0 unspecified atom stereocenters. The van der Waals surface area contributed by atoms with E-state index in [1.807, 2.05) is 42.5 Å². The summed E-state index contributed by atoms with van der Waals surface area (Å²) in [5.41, 5.74) is 1.04. The molecule has 2 rings (SSSR count). The molecule has 0 atom stereocenters. The lowest BCUT2D eigenvalue weighted by atomic mass is 10.1. The first-order chi connectivity index (χ1) is 12.1. The molecule has 0 spiro atoms. The third-order valence-electron chi connectivity index (χ3n) is 3.52. The summed E-state index contributed by atoms with van der Waals surface area (Å²) >= 11 is 0. The Hall–Kier alpha value is -2.57. The maximum Gasteiger partial charge on any atom is 0.341 e. The molecule has 0 aliphatic heterocycles. The van der Waals surface area contributed by atoms with Gasteiger partial charge in [-0.15, -0.1) is 0 Å². The molecule has 134 valence electrons. The molecule has 6 heteroatoms. The minimum atomic E-state index is -1.00. The first-order valence-corrected chi connectivity index (χ1v) is 8.18. The topological polar surface area (TPSA) is 79.2 Å². The molecule has 25 heavy (non-hydrogen) atoms. The van der Waals surface area contributed by atoms with Gasteiger partial charge in [0.2, 0.25) is 0 Å². The maximum absolute atomic E-state index is 10.4. The van der Waals surface area contributed by atoms with Gasteiger partial charge >= 0.3 is 5.97 Å². The molecule has 6 nitrogen and oxygen atoms in total. The molecule has 0 aliphatic rings. The number of benzene rings is 2. The van der Waals surface area contributed by atoms with Crippen LogP contribution in [0.2, 0.25) is 0 Å². The van der Waals surface area contributed by atoms with Crippen LogP contribution in [0, 0.1) is 0 Å². The predicted octanol–water partition coefficient (Wildman–Crippen LogP) is 2.85. The van der Waals surface area contributed by atoms with Crippen LogP contribution < -0.4 is 9.47 Å². The van der Waals surface area contributed by atoms with Crippen molar-refractivity contribution in [3.8, 4) is 11.5 Å². The van der Waals surface area contributed by atoms with E-state index in [9.17, 15) is 10.0 Å². The molecule has 0 bridgehead atoms. The second kappa shape index (κ2) is 10.3. The zero-order valence-corrected chi connectivity index (χ0v) is 14.0. The lowest BCUT2D eigenvalue weighted by Gasteiger charge is -2.15. The van der Waals surface area contributed by atoms with E-state index in [1.165, 1.54) is 5.06 Å². The fourth-order valence-electron chi connectivity index (χ4n) is 2.22. The van der Waals surface area contributed by atoms with Crippen molar-refractivity contribution in [2.75, 3.05) is 26.3 Å². The Labute approximate surface area is 147 Å². The van der Waals surface area contributed by atoms with Crippen LogP contribution in [0.3, 0.4) is 0 Å². The van der Waals surface area contributed by atoms with Crippen LogP contribution in [0.5, 0.6) is 11.5 Å². The van der Waals surface area contributed by atoms with Crippen LogP contribution in [0.4, 0.5) is 0 Å². The lowest BCUT2D eigenvalue weighted by Crippen LogP contribution is -2.24. The van der Waals surface area contributed by atoms with Crippen molar-refractivity contribution in [1.29, 1.82) is 0 Å². The molecule has 2 N–H and O–H groups in total. The van der Waals surface area contributed by atoms with Gasteiger partial charge in [0.1, 0.15) is 11.5 Å². The number of aliphatic carboxylic acids is 1. The van der Waals surface area contributed by atoms with Crippen molar-refractivity contribution in [3.05, 3.63) is 60.2 Å². The van der Waals surface area contributed by atoms with Gasteiger partial charge in [0.25, 0.3) is 0 Å². The van der Waals surface area contributed by atoms with Gasteiger partial charge in [0.15, 0.2) is 6.61 Å². The van der Waals surface area contributed by atoms with Crippen LogP contribution in [0.1, 0.15) is 12.0 Å². The molecule has 0 saturated carbocycles. The van der Waals surface area contributed by atoms with Crippen molar-refractivity contribution < 1.29 is 24.6 Å². The number of hydrogen-bond donors (Lipinski definition) is 2. The van der Waals surface area contributed by atoms with Crippen molar-refractivity contribution in [2.24, 2.45) is 0 Å². The predicted molar refractivity (Wildman–Crippen MR) is 93.2 cm³/mol. The first kappa shape index (κ1) is 18.8. The number of nitrogens with zero attached hydrogens (tertiary/aromatic N) is 1. The standard InChI is InChI=1S/C19H23NO5/c21-19(22)15-25-18-9-7-16(8-10-18)11-13-20(23)12-4-14-24-17-5-2-1-3-6-17/h1-3,5-10,23H,4,11-15H2,(H,21,22). The van der Waals surface area contributed by atoms with E-state index in [0.717, 1.165) is 17.7 Å². The lowest BCUT2D eigenvalue weighted by molar-refractivity contribution is -0.139. The Kier molecular flexibility index (Phi) is 7.75. The van der Waals surface area contributed by atoms with E-state index in [0.29, 0.717) is 31.9 Å². The SMILES string of the molecule is O=C(O)COc1ccc(CCN(O)CCCOc2ccccc2)cc1. The first-order valence-electron chi connectivity index (χ1n) is 8.18. The summed E-state index contributed by atoms with van der Waals surface area (Å²) in [5, 5.41) is 19.7. The van der Waals surface area contributed by atoms with Crippen molar-refractivity contribution in [3.63, 3.8) is 0 Å². The summed E-state index contributed by atoms with van der Waals surface area (Å²) < 4.78 is 10.7. The molecule has 2 aromatic carbocycles. The normalized spacial score (nSPS) is 10.6. The second-order valence-electron chi connectivity index (χ2n) is 5.55. The third-order valence-corrected chi connectivity index (χ3v) is 3.52. The monoisotopic (exact) mass is 345 g/mol. The number of ether oxygens (including phenoxy) is 2. The van der Waals surface area contributed by atoms with E-state index in [1.54, 1.807) is 12.1 Å². The Balaban J connectivity index is 1.61. The van der Waals surface area contributed by atoms with E-state index in [-0.39, 0.29) is 6.61 Å². The summed E-state index contributed by atoms with van der Waals surface area (Å²) in [6, 6.07) is 16.8. The Morgan fingerprint density at radius 1 is 0.920 bits per heavy atom. The van der Waals surface area contributed by atoms with E-state index < -0.39 is 5.97 Å². The van der Waals surface area contributed by atoms with Crippen LogP contribution in [0.25, 0.3) is 0 Å². The molecular formula is C19H23NO5. The van der Waals surface area contributed by atoms with Gasteiger partial charge in [0, 0.05) is 13.1 Å². The molecule has 2 aromatic rings. The number of carboxylic acid groups (broad SMARTS) is 1. The van der Waals surface area contributed by atoms with Crippen LogP contribution in [-0.2, 0) is 11.2 Å². The fourth-order valence-corrected chi connectivity index (χ4v) is 2.22. The van der Waals surface area contributed by atoms with Gasteiger partial charge in [-0.3, -0.25) is 0 Å². The number of rotatable bonds is 11. The van der Waals surface area contributed by atoms with E-state index in [4.69, 9.17) is 14.6 Å². The number of hydrogen-bond acceptors (Lipinski definition) is 5. The number of para-hydroxylation sites is 1. The fraction of sp³-hybridized carbons (Fsp3) is 0.316. The van der Waals surface area contributed by atoms with Crippen molar-refractivity contribution >= 4 is 5.97 Å². The molecule has 0 fully saturated rings. The minimum absolute atomic E-state index is 0.352. The van der Waals surface area contributed by atoms with Gasteiger partial charge in [-0.05, 0) is 42.7 Å². The highest BCUT2D eigenvalue weighted by atomic mass is 16.5. The molecular weight excluding hydrogens is 322 g/mol. The summed E-state index contributed by atoms with van der Waals surface area (Å²) in [7, 11) is 0. The van der Waals surface area contributed by atoms with E-state index >= 15 is 0 Å². The number of carboxylic acids is 1. The highest BCUT2D eigenvalue weighted by molar-refractivity contribution is 5.68. The smallest absolute Gasteiger partial charge is 0.341 e. The van der Waals surface area contributed by atoms with Gasteiger partial charge in [0.05, 0.1) is 6.61 Å². The zero-order chi connectivity index (χ0) is 17.9. The largest absolute Gasteiger partial charge is 0.494 e. The third kappa shape index (κ3) is 7.69. The van der Waals surface area contributed by atoms with Crippen LogP contribution in [0.15, 0.2) is 54.6 Å². The van der Waals surface area contributed by atoms with Crippen molar-refractivity contribution in [1.82, 2.24) is 5.06 Å². The highest BCUT2D eigenvalue weighted by Crippen LogP contribution is 2.13. The average Bonchev–Trinajstić information content (AvgIpc) is 2.63. The second-order valence-corrected chi connectivity index (χ2v) is 5.55. The van der Waals surface area contributed by atoms with Gasteiger partial charge < -0.3 is 19.8 Å². The Morgan fingerprint density at radius 3 is 2.28 bits per heavy atom. The highest BCUT2D eigenvalue weighted by Gasteiger charge is 2.03. The van der Waals surface area contributed by atoms with E-state index in [2.05, 4.69) is 0 Å².